The number of aryl methyl sites for hydroxylation is 2. The van der Waals surface area contributed by atoms with Crippen molar-refractivity contribution in [2.24, 2.45) is 0 Å². The van der Waals surface area contributed by atoms with Gasteiger partial charge in [-0.1, -0.05) is 24.3 Å². The van der Waals surface area contributed by atoms with E-state index in [9.17, 15) is 0 Å². The van der Waals surface area contributed by atoms with Crippen molar-refractivity contribution >= 4 is 22.2 Å². The molecule has 4 aromatic carbocycles. The topological polar surface area (TPSA) is 107 Å². The van der Waals surface area contributed by atoms with Crippen LogP contribution in [0.1, 0.15) is 22.3 Å². The molecule has 3 aliphatic rings. The number of benzene rings is 4. The number of nitrogens with zero attached hydrogens (tertiary/aromatic N) is 2. The molecule has 10 heteroatoms. The lowest BCUT2D eigenvalue weighted by molar-refractivity contribution is -0.00698. The van der Waals surface area contributed by atoms with E-state index in [2.05, 4.69) is 44.7 Å². The van der Waals surface area contributed by atoms with E-state index in [1.807, 2.05) is 48.5 Å². The lowest BCUT2D eigenvalue weighted by atomic mass is 9.97. The van der Waals surface area contributed by atoms with Crippen molar-refractivity contribution in [1.29, 1.82) is 0 Å². The third-order valence-corrected chi connectivity index (χ3v) is 8.61. The van der Waals surface area contributed by atoms with Crippen LogP contribution in [0.4, 0.5) is 0 Å². The third-order valence-electron chi connectivity index (χ3n) is 8.61. The molecule has 270 valence electrons. The Morgan fingerprint density at radius 1 is 0.481 bits per heavy atom. The van der Waals surface area contributed by atoms with Crippen molar-refractivity contribution in [2.75, 3.05) is 66.1 Å². The minimum atomic E-state index is 0.431. The summed E-state index contributed by atoms with van der Waals surface area (Å²) in [5.74, 6) is 2.61. The first kappa shape index (κ1) is 35.4. The van der Waals surface area contributed by atoms with E-state index in [0.717, 1.165) is 72.7 Å². The largest absolute Gasteiger partial charge is 0.491 e. The lowest BCUT2D eigenvalue weighted by Gasteiger charge is -2.09. The summed E-state index contributed by atoms with van der Waals surface area (Å²) in [6, 6.07) is 23.9. The van der Waals surface area contributed by atoms with Gasteiger partial charge in [0.15, 0.2) is 11.2 Å². The van der Waals surface area contributed by atoms with E-state index in [1.54, 1.807) is 0 Å². The second kappa shape index (κ2) is 17.0. The number of fused-ring (bicyclic) bond motifs is 2. The van der Waals surface area contributed by atoms with Gasteiger partial charge in [-0.3, -0.25) is 0 Å². The Bertz CT molecular complexity index is 1950. The van der Waals surface area contributed by atoms with Gasteiger partial charge in [0.1, 0.15) is 35.7 Å². The highest BCUT2D eigenvalue weighted by molar-refractivity contribution is 5.82. The molecule has 0 N–H and O–H groups in total. The van der Waals surface area contributed by atoms with Crippen LogP contribution < -0.4 is 9.47 Å². The van der Waals surface area contributed by atoms with Crippen LogP contribution in [0, 0.1) is 13.8 Å². The molecule has 0 spiro atoms. The van der Waals surface area contributed by atoms with Gasteiger partial charge in [0.25, 0.3) is 0 Å². The van der Waals surface area contributed by atoms with E-state index in [4.69, 9.17) is 47.2 Å². The summed E-state index contributed by atoms with van der Waals surface area (Å²) in [4.78, 5) is 9.69. The van der Waals surface area contributed by atoms with Crippen LogP contribution in [0.15, 0.2) is 93.8 Å². The van der Waals surface area contributed by atoms with Gasteiger partial charge >= 0.3 is 0 Å². The number of rotatable bonds is 0. The number of hydrogen-bond donors (Lipinski definition) is 0. The molecule has 0 saturated carbocycles. The van der Waals surface area contributed by atoms with Gasteiger partial charge in [0.05, 0.1) is 52.9 Å². The Labute approximate surface area is 303 Å². The van der Waals surface area contributed by atoms with Crippen LogP contribution in [-0.2, 0) is 31.8 Å². The zero-order valence-electron chi connectivity index (χ0n) is 29.8. The Morgan fingerprint density at radius 3 is 1.23 bits per heavy atom. The van der Waals surface area contributed by atoms with E-state index in [0.29, 0.717) is 90.7 Å². The van der Waals surface area contributed by atoms with Crippen LogP contribution in [0.2, 0.25) is 0 Å². The molecule has 0 fully saturated rings. The molecule has 0 amide bonds. The normalized spacial score (nSPS) is 16.2. The van der Waals surface area contributed by atoms with Gasteiger partial charge in [-0.05, 0) is 98.5 Å². The molecule has 2 aromatic heterocycles. The predicted octanol–water partition coefficient (Wildman–Crippen LogP) is 8.10. The number of allylic oxidation sites excluding steroid dienone is 1. The summed E-state index contributed by atoms with van der Waals surface area (Å²) >= 11 is 0. The van der Waals surface area contributed by atoms with Crippen LogP contribution in [0.5, 0.6) is 11.5 Å². The summed E-state index contributed by atoms with van der Waals surface area (Å²) < 4.78 is 47.0. The van der Waals surface area contributed by atoms with E-state index >= 15 is 0 Å². The first-order chi connectivity index (χ1) is 25.5. The molecule has 0 radical (unpaired) electrons. The average molecular weight is 705 g/mol. The van der Waals surface area contributed by atoms with E-state index in [-0.39, 0.29) is 0 Å². The van der Waals surface area contributed by atoms with Gasteiger partial charge in [-0.25, -0.2) is 9.97 Å². The molecule has 52 heavy (non-hydrogen) atoms. The third kappa shape index (κ3) is 9.07. The minimum Gasteiger partial charge on any atom is -0.491 e. The van der Waals surface area contributed by atoms with Crippen LogP contribution in [0.3, 0.4) is 0 Å². The Kier molecular flexibility index (Phi) is 11.6. The molecule has 5 heterocycles. The fraction of sp³-hybridized carbons (Fsp3) is 0.333. The molecular formula is C42H44N2O8. The quantitative estimate of drug-likeness (QED) is 0.144. The Hall–Kier alpha value is -5.00. The maximum atomic E-state index is 6.40. The van der Waals surface area contributed by atoms with Gasteiger partial charge < -0.3 is 37.3 Å². The van der Waals surface area contributed by atoms with E-state index < -0.39 is 0 Å². The van der Waals surface area contributed by atoms with E-state index in [1.165, 1.54) is 0 Å². The van der Waals surface area contributed by atoms with Crippen LogP contribution in [-0.4, -0.2) is 76.0 Å². The molecule has 10 nitrogen and oxygen atoms in total. The fourth-order valence-electron chi connectivity index (χ4n) is 6.21. The van der Waals surface area contributed by atoms with Crippen LogP contribution >= 0.6 is 0 Å². The molecule has 9 rings (SSSR count). The van der Waals surface area contributed by atoms with Crippen molar-refractivity contribution < 1.29 is 37.3 Å². The Balaban J connectivity index is 1.10. The van der Waals surface area contributed by atoms with Gasteiger partial charge in [0, 0.05) is 22.3 Å². The number of oxazole rings is 2. The maximum absolute atomic E-state index is 6.40. The summed E-state index contributed by atoms with van der Waals surface area (Å²) in [5, 5.41) is 0. The lowest BCUT2D eigenvalue weighted by Crippen LogP contribution is -2.14. The first-order valence-electron chi connectivity index (χ1n) is 17.7. The molecule has 3 aliphatic heterocycles. The van der Waals surface area contributed by atoms with Gasteiger partial charge in [-0.15, -0.1) is 0 Å². The molecule has 8 bridgehead atoms. The molecule has 0 aliphatic carbocycles. The average Bonchev–Trinajstić information content (AvgIpc) is 3.77. The zero-order valence-corrected chi connectivity index (χ0v) is 29.8. The SMILES string of the molecule is C=C1Cc2cc(C)cc3nc(oc23)-c2ccc(cc2)OCCOCCOCCOCCOCCOc2ccc(cc2)-c2nc3cc(C)cc(c3o2)C1. The summed E-state index contributed by atoms with van der Waals surface area (Å²) in [5.41, 5.74) is 10.2. The highest BCUT2D eigenvalue weighted by atomic mass is 16.6. The van der Waals surface area contributed by atoms with Crippen LogP contribution in [0.25, 0.3) is 45.1 Å². The molecule has 0 saturated heterocycles. The predicted molar refractivity (Wildman–Crippen MR) is 199 cm³/mol. The molecule has 0 atom stereocenters. The summed E-state index contributed by atoms with van der Waals surface area (Å²) in [6.07, 6.45) is 1.26. The second-order valence-electron chi connectivity index (χ2n) is 12.9. The number of ether oxygens (including phenoxy) is 6. The monoisotopic (exact) mass is 704 g/mol. The highest BCUT2D eigenvalue weighted by Gasteiger charge is 2.17. The minimum absolute atomic E-state index is 0.431. The number of aromatic nitrogens is 2. The standard InChI is InChI=1S/C42H44N2O8/c1-28-22-33-24-29(2)26-37-39(33)51-41(43-37)31-4-8-35(9-5-31)49-20-18-47-16-14-45-12-13-46-15-17-48-19-21-50-36-10-6-32(7-11-36)42-44-38-27-30(3)25-34(23-28)40(38)52-42/h4-11,24-27H,1,12-23H2,2-3H3. The second-order valence-corrected chi connectivity index (χ2v) is 12.9. The van der Waals surface area contributed by atoms with Crippen molar-refractivity contribution in [1.82, 2.24) is 9.97 Å². The van der Waals surface area contributed by atoms with Crippen molar-refractivity contribution in [2.45, 2.75) is 26.7 Å². The smallest absolute Gasteiger partial charge is 0.227 e. The molecule has 6 aromatic rings. The highest BCUT2D eigenvalue weighted by Crippen LogP contribution is 2.33. The first-order valence-corrected chi connectivity index (χ1v) is 17.7. The van der Waals surface area contributed by atoms with Gasteiger partial charge in [0.2, 0.25) is 11.8 Å². The van der Waals surface area contributed by atoms with Crippen molar-refractivity contribution in [3.63, 3.8) is 0 Å². The molecule has 0 unspecified atom stereocenters. The summed E-state index contributed by atoms with van der Waals surface area (Å²) in [7, 11) is 0. The van der Waals surface area contributed by atoms with Crippen molar-refractivity contribution in [3.8, 4) is 34.4 Å². The number of hydrogen-bond acceptors (Lipinski definition) is 10. The maximum Gasteiger partial charge on any atom is 0.227 e. The summed E-state index contributed by atoms with van der Waals surface area (Å²) in [6.45, 7) is 13.3. The molecular weight excluding hydrogens is 660 g/mol. The van der Waals surface area contributed by atoms with Crippen molar-refractivity contribution in [3.05, 3.63) is 107 Å². The Morgan fingerprint density at radius 2 is 0.846 bits per heavy atom. The fourth-order valence-corrected chi connectivity index (χ4v) is 6.21. The zero-order chi connectivity index (χ0) is 35.7. The van der Waals surface area contributed by atoms with Gasteiger partial charge in [-0.2, -0.15) is 0 Å².